The number of carboxylic acid groups (broad SMARTS) is 1. The number of nitrogens with zero attached hydrogens (tertiary/aromatic N) is 2. The first-order chi connectivity index (χ1) is 10.1. The van der Waals surface area contributed by atoms with Crippen LogP contribution in [0.4, 0.5) is 0 Å². The van der Waals surface area contributed by atoms with Crippen molar-refractivity contribution in [2.45, 2.75) is 57.9 Å². The van der Waals surface area contributed by atoms with Crippen molar-refractivity contribution in [1.82, 2.24) is 15.1 Å². The van der Waals surface area contributed by atoms with E-state index in [1.807, 2.05) is 6.07 Å². The number of aryl methyl sites for hydroxylation is 1. The summed E-state index contributed by atoms with van der Waals surface area (Å²) >= 11 is 0. The first-order valence-corrected chi connectivity index (χ1v) is 7.69. The van der Waals surface area contributed by atoms with E-state index in [0.717, 1.165) is 37.8 Å². The summed E-state index contributed by atoms with van der Waals surface area (Å²) in [6.45, 7) is 2.77. The minimum atomic E-state index is -0.807. The van der Waals surface area contributed by atoms with Crippen LogP contribution < -0.4 is 0 Å². The Balaban J connectivity index is 2.04. The molecule has 2 heterocycles. The molecule has 0 saturated carbocycles. The Labute approximate surface area is 124 Å². The van der Waals surface area contributed by atoms with Gasteiger partial charge in [-0.3, -0.25) is 14.7 Å². The smallest absolute Gasteiger partial charge is 0.303 e. The number of nitrogens with one attached hydrogen (secondary N) is 1. The van der Waals surface area contributed by atoms with Crippen molar-refractivity contribution in [2.75, 3.05) is 6.54 Å². The zero-order chi connectivity index (χ0) is 15.2. The van der Waals surface area contributed by atoms with Gasteiger partial charge in [0, 0.05) is 24.7 Å². The number of aromatic amines is 1. The lowest BCUT2D eigenvalue weighted by Crippen LogP contribution is -2.44. The Hall–Kier alpha value is -1.85. The number of amides is 1. The van der Waals surface area contributed by atoms with Crippen molar-refractivity contribution in [3.8, 4) is 0 Å². The van der Waals surface area contributed by atoms with Crippen LogP contribution >= 0.6 is 0 Å². The third kappa shape index (κ3) is 4.06. The van der Waals surface area contributed by atoms with Crippen LogP contribution in [0.25, 0.3) is 0 Å². The van der Waals surface area contributed by atoms with Crippen molar-refractivity contribution < 1.29 is 14.7 Å². The van der Waals surface area contributed by atoms with E-state index >= 15 is 0 Å². The van der Waals surface area contributed by atoms with Crippen LogP contribution in [-0.2, 0) is 11.2 Å². The van der Waals surface area contributed by atoms with E-state index in [0.29, 0.717) is 18.7 Å². The SMILES string of the molecule is CCCc1cc(C(=O)N2CCCCC2CCC(=O)O)n[nH]1. The maximum absolute atomic E-state index is 12.6. The second-order valence-corrected chi connectivity index (χ2v) is 5.61. The summed E-state index contributed by atoms with van der Waals surface area (Å²) in [7, 11) is 0. The predicted octanol–water partition coefficient (Wildman–Crippen LogP) is 2.22. The fourth-order valence-corrected chi connectivity index (χ4v) is 2.87. The second-order valence-electron chi connectivity index (χ2n) is 5.61. The van der Waals surface area contributed by atoms with Crippen LogP contribution in [0.1, 0.15) is 61.6 Å². The van der Waals surface area contributed by atoms with Gasteiger partial charge in [0.05, 0.1) is 0 Å². The summed E-state index contributed by atoms with van der Waals surface area (Å²) in [5.41, 5.74) is 1.42. The van der Waals surface area contributed by atoms with E-state index in [-0.39, 0.29) is 18.4 Å². The molecule has 21 heavy (non-hydrogen) atoms. The minimum absolute atomic E-state index is 0.0219. The zero-order valence-corrected chi connectivity index (χ0v) is 12.5. The zero-order valence-electron chi connectivity index (χ0n) is 12.5. The van der Waals surface area contributed by atoms with Crippen molar-refractivity contribution >= 4 is 11.9 Å². The van der Waals surface area contributed by atoms with Crippen LogP contribution in [0.5, 0.6) is 0 Å². The van der Waals surface area contributed by atoms with Crippen LogP contribution in [0.3, 0.4) is 0 Å². The first kappa shape index (κ1) is 15.5. The monoisotopic (exact) mass is 293 g/mol. The van der Waals surface area contributed by atoms with Gasteiger partial charge >= 0.3 is 5.97 Å². The number of piperidine rings is 1. The highest BCUT2D eigenvalue weighted by atomic mass is 16.4. The largest absolute Gasteiger partial charge is 0.481 e. The molecule has 0 aliphatic carbocycles. The number of aliphatic carboxylic acids is 1. The predicted molar refractivity (Wildman–Crippen MR) is 78.1 cm³/mol. The van der Waals surface area contributed by atoms with Crippen molar-refractivity contribution in [1.29, 1.82) is 0 Å². The summed E-state index contributed by atoms with van der Waals surface area (Å²) in [5.74, 6) is -0.887. The number of likely N-dealkylation sites (tertiary alicyclic amines) is 1. The number of hydrogen-bond donors (Lipinski definition) is 2. The van der Waals surface area contributed by atoms with Gasteiger partial charge in [-0.05, 0) is 38.2 Å². The van der Waals surface area contributed by atoms with Crippen LogP contribution in [0.2, 0.25) is 0 Å². The number of H-pyrrole nitrogens is 1. The number of carboxylic acids is 1. The van der Waals surface area contributed by atoms with Crippen LogP contribution in [0, 0.1) is 0 Å². The van der Waals surface area contributed by atoms with Gasteiger partial charge in [0.25, 0.3) is 5.91 Å². The molecule has 116 valence electrons. The molecule has 1 aliphatic rings. The third-order valence-electron chi connectivity index (χ3n) is 3.95. The molecular formula is C15H23N3O3. The van der Waals surface area contributed by atoms with Gasteiger partial charge < -0.3 is 10.0 Å². The standard InChI is InChI=1S/C15H23N3O3/c1-2-5-11-10-13(17-16-11)15(21)18-9-4-3-6-12(18)7-8-14(19)20/h10,12H,2-9H2,1H3,(H,16,17)(H,19,20). The van der Waals surface area contributed by atoms with Gasteiger partial charge in [-0.15, -0.1) is 0 Å². The fourth-order valence-electron chi connectivity index (χ4n) is 2.87. The average Bonchev–Trinajstić information content (AvgIpc) is 2.94. The second kappa shape index (κ2) is 7.24. The maximum atomic E-state index is 12.6. The normalized spacial score (nSPS) is 18.7. The summed E-state index contributed by atoms with van der Waals surface area (Å²) < 4.78 is 0. The number of hydrogen-bond acceptors (Lipinski definition) is 3. The maximum Gasteiger partial charge on any atom is 0.303 e. The molecular weight excluding hydrogens is 270 g/mol. The van der Waals surface area contributed by atoms with Gasteiger partial charge in [-0.25, -0.2) is 0 Å². The number of rotatable bonds is 6. The molecule has 1 unspecified atom stereocenters. The lowest BCUT2D eigenvalue weighted by molar-refractivity contribution is -0.137. The highest BCUT2D eigenvalue weighted by Gasteiger charge is 2.29. The molecule has 1 atom stereocenters. The van der Waals surface area contributed by atoms with Gasteiger partial charge in [-0.1, -0.05) is 13.3 Å². The van der Waals surface area contributed by atoms with Crippen LogP contribution in [0.15, 0.2) is 6.07 Å². The quantitative estimate of drug-likeness (QED) is 0.842. The molecule has 1 fully saturated rings. The van der Waals surface area contributed by atoms with Gasteiger partial charge in [0.2, 0.25) is 0 Å². The Morgan fingerprint density at radius 1 is 1.48 bits per heavy atom. The number of carbonyl (C=O) groups excluding carboxylic acids is 1. The van der Waals surface area contributed by atoms with Gasteiger partial charge in [0.15, 0.2) is 0 Å². The molecule has 1 amide bonds. The summed E-state index contributed by atoms with van der Waals surface area (Å²) in [6, 6.07) is 1.84. The van der Waals surface area contributed by atoms with Gasteiger partial charge in [-0.2, -0.15) is 5.10 Å². The Bertz CT molecular complexity index is 498. The highest BCUT2D eigenvalue weighted by Crippen LogP contribution is 2.23. The molecule has 2 N–H and O–H groups in total. The van der Waals surface area contributed by atoms with Crippen LogP contribution in [-0.4, -0.2) is 44.7 Å². The molecule has 1 aromatic heterocycles. The molecule has 0 radical (unpaired) electrons. The molecule has 2 rings (SSSR count). The van der Waals surface area contributed by atoms with E-state index in [4.69, 9.17) is 5.11 Å². The van der Waals surface area contributed by atoms with Crippen molar-refractivity contribution in [3.63, 3.8) is 0 Å². The average molecular weight is 293 g/mol. The molecule has 1 saturated heterocycles. The van der Waals surface area contributed by atoms with E-state index < -0.39 is 5.97 Å². The number of aromatic nitrogens is 2. The number of carbonyl (C=O) groups is 2. The molecule has 1 aromatic rings. The molecule has 6 nitrogen and oxygen atoms in total. The van der Waals surface area contributed by atoms with Gasteiger partial charge in [0.1, 0.15) is 5.69 Å². The van der Waals surface area contributed by atoms with E-state index in [2.05, 4.69) is 17.1 Å². The summed E-state index contributed by atoms with van der Waals surface area (Å²) in [4.78, 5) is 25.1. The lowest BCUT2D eigenvalue weighted by Gasteiger charge is -2.35. The lowest BCUT2D eigenvalue weighted by atomic mass is 9.97. The third-order valence-corrected chi connectivity index (χ3v) is 3.95. The Kier molecular flexibility index (Phi) is 5.36. The van der Waals surface area contributed by atoms with Crippen molar-refractivity contribution in [2.24, 2.45) is 0 Å². The van der Waals surface area contributed by atoms with E-state index in [9.17, 15) is 9.59 Å². The molecule has 1 aliphatic heterocycles. The molecule has 6 heteroatoms. The fraction of sp³-hybridized carbons (Fsp3) is 0.667. The Morgan fingerprint density at radius 2 is 2.29 bits per heavy atom. The first-order valence-electron chi connectivity index (χ1n) is 7.69. The van der Waals surface area contributed by atoms with E-state index in [1.165, 1.54) is 0 Å². The van der Waals surface area contributed by atoms with E-state index in [1.54, 1.807) is 4.90 Å². The summed E-state index contributed by atoms with van der Waals surface area (Å²) in [6.07, 6.45) is 5.41. The highest BCUT2D eigenvalue weighted by molar-refractivity contribution is 5.92. The molecule has 0 aromatic carbocycles. The summed E-state index contributed by atoms with van der Waals surface area (Å²) in [5, 5.41) is 15.8. The molecule has 0 bridgehead atoms. The topological polar surface area (TPSA) is 86.3 Å². The van der Waals surface area contributed by atoms with Crippen molar-refractivity contribution in [3.05, 3.63) is 17.5 Å². The Morgan fingerprint density at radius 3 is 3.00 bits per heavy atom. The molecule has 0 spiro atoms. The minimum Gasteiger partial charge on any atom is -0.481 e.